The van der Waals surface area contributed by atoms with Gasteiger partial charge in [-0.15, -0.1) is 0 Å². The predicted octanol–water partition coefficient (Wildman–Crippen LogP) is -3.39. The standard InChI is InChI=1S/C18H27N5O15P2/c1-34-7-2-6(10(24)13(27)11(7)25)3-35-39(30,31)38-40(32,33)36-4-8-12(26)14(28)17(37-8)23-5-20-9-15(23)21-18(19)22-16(9)29/h2,5,7-8,10-14,17,24-28H,3-4H2,1H3,(H,30,31)(H,32,33)(H3,19,21,22,29)/t7-,8-,10-,11-,12-,13+,14-,17-/m1/s1. The molecular formula is C18H27N5O15P2. The van der Waals surface area contributed by atoms with Crippen LogP contribution in [0, 0.1) is 0 Å². The quantitative estimate of drug-likeness (QED) is 0.0929. The second kappa shape index (κ2) is 11.6. The van der Waals surface area contributed by atoms with Crippen LogP contribution < -0.4 is 11.3 Å². The molecular weight excluding hydrogens is 588 g/mol. The molecule has 2 aromatic rings. The van der Waals surface area contributed by atoms with Gasteiger partial charge in [0, 0.05) is 7.11 Å². The van der Waals surface area contributed by atoms with Gasteiger partial charge in [-0.05, 0) is 11.6 Å². The summed E-state index contributed by atoms with van der Waals surface area (Å²) in [6.45, 7) is -1.81. The van der Waals surface area contributed by atoms with Crippen molar-refractivity contribution in [2.75, 3.05) is 26.1 Å². The smallest absolute Gasteiger partial charge is 0.387 e. The highest BCUT2D eigenvalue weighted by Gasteiger charge is 2.46. The van der Waals surface area contributed by atoms with Crippen molar-refractivity contribution in [2.45, 2.75) is 49.0 Å². The Morgan fingerprint density at radius 3 is 2.42 bits per heavy atom. The Bertz CT molecular complexity index is 1420. The molecule has 1 aliphatic carbocycles. The first-order chi connectivity index (χ1) is 18.6. The molecule has 22 heteroatoms. The van der Waals surface area contributed by atoms with Crippen molar-refractivity contribution >= 4 is 32.8 Å². The van der Waals surface area contributed by atoms with Gasteiger partial charge in [-0.25, -0.2) is 14.1 Å². The number of nitrogen functional groups attached to an aromatic ring is 1. The molecule has 0 bridgehead atoms. The zero-order valence-corrected chi connectivity index (χ0v) is 22.2. The number of nitrogens with one attached hydrogen (secondary N) is 1. The molecule has 1 aliphatic heterocycles. The SMILES string of the molecule is CO[C@@H]1C=C(COP(=O)(O)OP(=O)(O)OC[C@H]2O[C@@H](n3cnc4c(=O)[nH]c(N)nc43)[C@H](O)[C@@H]2O)[C@@H](O)[C@H](O)[C@@H]1O. The van der Waals surface area contributed by atoms with Crippen molar-refractivity contribution in [2.24, 2.45) is 0 Å². The van der Waals surface area contributed by atoms with Gasteiger partial charge in [0.2, 0.25) is 5.95 Å². The third-order valence-corrected chi connectivity index (χ3v) is 8.69. The number of hydrogen-bond acceptors (Lipinski definition) is 16. The number of methoxy groups -OCH3 is 1. The van der Waals surface area contributed by atoms with Crippen molar-refractivity contribution in [1.29, 1.82) is 0 Å². The molecule has 40 heavy (non-hydrogen) atoms. The topological polar surface area (TPSA) is 311 Å². The van der Waals surface area contributed by atoms with Crippen LogP contribution in [0.4, 0.5) is 5.95 Å². The summed E-state index contributed by atoms with van der Waals surface area (Å²) in [5.41, 5.74) is 4.43. The largest absolute Gasteiger partial charge is 0.481 e. The number of rotatable bonds is 10. The zero-order valence-electron chi connectivity index (χ0n) is 20.4. The number of imidazole rings is 1. The van der Waals surface area contributed by atoms with Gasteiger partial charge in [0.05, 0.1) is 19.5 Å². The Labute approximate surface area is 223 Å². The first-order valence-corrected chi connectivity index (χ1v) is 14.3. The molecule has 0 aromatic carbocycles. The number of ether oxygens (including phenoxy) is 2. The minimum absolute atomic E-state index is 0.0920. The lowest BCUT2D eigenvalue weighted by Gasteiger charge is -2.33. The minimum atomic E-state index is -5.37. The highest BCUT2D eigenvalue weighted by atomic mass is 31.3. The Morgan fingerprint density at radius 1 is 1.07 bits per heavy atom. The molecule has 3 heterocycles. The summed E-state index contributed by atoms with van der Waals surface area (Å²) in [6.07, 6.45) is -10.1. The van der Waals surface area contributed by atoms with Crippen molar-refractivity contribution in [3.8, 4) is 0 Å². The van der Waals surface area contributed by atoms with Crippen LogP contribution in [0.5, 0.6) is 0 Å². The molecule has 4 rings (SSSR count). The van der Waals surface area contributed by atoms with Crippen LogP contribution >= 0.6 is 15.6 Å². The number of fused-ring (bicyclic) bond motifs is 1. The number of aliphatic hydroxyl groups excluding tert-OH is 5. The summed E-state index contributed by atoms with van der Waals surface area (Å²) in [5, 5.41) is 50.5. The summed E-state index contributed by atoms with van der Waals surface area (Å²) in [4.78, 5) is 41.8. The van der Waals surface area contributed by atoms with Gasteiger partial charge in [0.1, 0.15) is 42.7 Å². The van der Waals surface area contributed by atoms with E-state index in [9.17, 15) is 49.2 Å². The highest BCUT2D eigenvalue weighted by Crippen LogP contribution is 2.60. The van der Waals surface area contributed by atoms with Crippen molar-refractivity contribution in [1.82, 2.24) is 19.5 Å². The normalized spacial score (nSPS) is 34.0. The van der Waals surface area contributed by atoms with Gasteiger partial charge < -0.3 is 50.5 Å². The van der Waals surface area contributed by atoms with E-state index in [4.69, 9.17) is 15.2 Å². The molecule has 0 amide bonds. The van der Waals surface area contributed by atoms with Crippen LogP contribution in [0.1, 0.15) is 6.23 Å². The molecule has 1 saturated heterocycles. The number of aromatic nitrogens is 4. The van der Waals surface area contributed by atoms with Gasteiger partial charge in [0.25, 0.3) is 5.56 Å². The number of phosphoric acid groups is 2. The van der Waals surface area contributed by atoms with Gasteiger partial charge in [-0.2, -0.15) is 9.29 Å². The second-order valence-electron chi connectivity index (χ2n) is 8.78. The van der Waals surface area contributed by atoms with Crippen LogP contribution in [0.2, 0.25) is 0 Å². The van der Waals surface area contributed by atoms with Crippen molar-refractivity contribution in [3.63, 3.8) is 0 Å². The van der Waals surface area contributed by atoms with E-state index in [1.54, 1.807) is 0 Å². The molecule has 0 radical (unpaired) electrons. The third-order valence-electron chi connectivity index (χ3n) is 6.11. The van der Waals surface area contributed by atoms with Crippen LogP contribution in [0.3, 0.4) is 0 Å². The molecule has 10 atom stereocenters. The maximum atomic E-state index is 12.3. The average Bonchev–Trinajstić information content (AvgIpc) is 3.41. The van der Waals surface area contributed by atoms with E-state index >= 15 is 0 Å². The fourth-order valence-electron chi connectivity index (χ4n) is 4.08. The van der Waals surface area contributed by atoms with E-state index < -0.39 is 83.4 Å². The van der Waals surface area contributed by atoms with Gasteiger partial charge in [-0.1, -0.05) is 0 Å². The molecule has 2 aliphatic rings. The van der Waals surface area contributed by atoms with Crippen LogP contribution in [-0.4, -0.2) is 118 Å². The second-order valence-corrected chi connectivity index (χ2v) is 11.8. The molecule has 10 N–H and O–H groups in total. The van der Waals surface area contributed by atoms with E-state index in [-0.39, 0.29) is 22.7 Å². The lowest BCUT2D eigenvalue weighted by atomic mass is 9.90. The maximum Gasteiger partial charge on any atom is 0.481 e. The summed E-state index contributed by atoms with van der Waals surface area (Å²) in [5.74, 6) is -0.261. The fraction of sp³-hybridized carbons (Fsp3) is 0.611. The lowest BCUT2D eigenvalue weighted by molar-refractivity contribution is -0.104. The number of anilines is 1. The fourth-order valence-corrected chi connectivity index (χ4v) is 6.14. The monoisotopic (exact) mass is 615 g/mol. The van der Waals surface area contributed by atoms with Crippen molar-refractivity contribution < 1.29 is 67.3 Å². The highest BCUT2D eigenvalue weighted by molar-refractivity contribution is 7.61. The number of nitrogens with two attached hydrogens (primary N) is 1. The predicted molar refractivity (Wildman–Crippen MR) is 128 cm³/mol. The number of nitrogens with zero attached hydrogens (tertiary/aromatic N) is 3. The summed E-state index contributed by atoms with van der Waals surface area (Å²) < 4.78 is 49.5. The molecule has 0 spiro atoms. The van der Waals surface area contributed by atoms with Gasteiger partial charge >= 0.3 is 15.6 Å². The van der Waals surface area contributed by atoms with Crippen molar-refractivity contribution in [3.05, 3.63) is 28.3 Å². The molecule has 2 unspecified atom stereocenters. The number of hydrogen-bond donors (Lipinski definition) is 9. The average molecular weight is 615 g/mol. The van der Waals surface area contributed by atoms with E-state index in [0.29, 0.717) is 0 Å². The molecule has 224 valence electrons. The first-order valence-electron chi connectivity index (χ1n) is 11.3. The Balaban J connectivity index is 1.37. The van der Waals surface area contributed by atoms with E-state index in [0.717, 1.165) is 17.0 Å². The minimum Gasteiger partial charge on any atom is -0.387 e. The molecule has 2 aromatic heterocycles. The van der Waals surface area contributed by atoms with Gasteiger partial charge in [-0.3, -0.25) is 23.4 Å². The van der Waals surface area contributed by atoms with E-state index in [1.165, 1.54) is 7.11 Å². The molecule has 20 nitrogen and oxygen atoms in total. The van der Waals surface area contributed by atoms with Crippen LogP contribution in [0.25, 0.3) is 11.2 Å². The lowest BCUT2D eigenvalue weighted by Crippen LogP contribution is -2.49. The Morgan fingerprint density at radius 2 is 1.75 bits per heavy atom. The third kappa shape index (κ3) is 6.35. The van der Waals surface area contributed by atoms with Crippen LogP contribution in [-0.2, 0) is 32.0 Å². The number of phosphoric ester groups is 2. The van der Waals surface area contributed by atoms with E-state index in [2.05, 4.69) is 28.3 Å². The molecule has 0 saturated carbocycles. The number of aromatic amines is 1. The number of H-pyrrole nitrogens is 1. The maximum absolute atomic E-state index is 12.3. The summed E-state index contributed by atoms with van der Waals surface area (Å²) >= 11 is 0. The van der Waals surface area contributed by atoms with Gasteiger partial charge in [0.15, 0.2) is 17.4 Å². The molecule has 1 fully saturated rings. The van der Waals surface area contributed by atoms with E-state index in [1.807, 2.05) is 0 Å². The first kappa shape index (κ1) is 30.8. The Hall–Kier alpha value is -2.13. The summed E-state index contributed by atoms with van der Waals surface area (Å²) in [6, 6.07) is 0. The zero-order chi connectivity index (χ0) is 29.6. The Kier molecular flexibility index (Phi) is 8.96. The van der Waals surface area contributed by atoms with Crippen LogP contribution in [0.15, 0.2) is 22.8 Å². The summed E-state index contributed by atoms with van der Waals surface area (Å²) in [7, 11) is -9.51. The number of aliphatic hydroxyl groups is 5.